The number of benzene rings is 1. The highest BCUT2D eigenvalue weighted by Gasteiger charge is 2.27. The van der Waals surface area contributed by atoms with Crippen LogP contribution >= 0.6 is 24.8 Å². The lowest BCUT2D eigenvalue weighted by Crippen LogP contribution is -2.48. The molecule has 0 bridgehead atoms. The number of aromatic nitrogens is 3. The summed E-state index contributed by atoms with van der Waals surface area (Å²) in [5, 5.41) is 7.02. The minimum absolute atomic E-state index is 0. The van der Waals surface area contributed by atoms with E-state index in [4.69, 9.17) is 5.73 Å². The van der Waals surface area contributed by atoms with Crippen LogP contribution in [0.2, 0.25) is 0 Å². The van der Waals surface area contributed by atoms with Crippen LogP contribution in [0.5, 0.6) is 0 Å². The van der Waals surface area contributed by atoms with Gasteiger partial charge in [-0.3, -0.25) is 4.79 Å². The molecule has 1 atom stereocenters. The summed E-state index contributed by atoms with van der Waals surface area (Å²) in [6, 6.07) is 7.41. The lowest BCUT2D eigenvalue weighted by Gasteiger charge is -2.26. The third-order valence-electron chi connectivity index (χ3n) is 3.59. The van der Waals surface area contributed by atoms with Crippen molar-refractivity contribution in [2.24, 2.45) is 11.1 Å². The molecule has 1 aromatic heterocycles. The highest BCUT2D eigenvalue weighted by atomic mass is 35.5. The highest BCUT2D eigenvalue weighted by Crippen LogP contribution is 2.17. The predicted octanol–water partition coefficient (Wildman–Crippen LogP) is 2.16. The molecule has 1 heterocycles. The van der Waals surface area contributed by atoms with E-state index in [1.54, 1.807) is 11.0 Å². The van der Waals surface area contributed by atoms with Crippen molar-refractivity contribution in [3.05, 3.63) is 48.0 Å². The van der Waals surface area contributed by atoms with Gasteiger partial charge in [0.15, 0.2) is 0 Å². The molecule has 1 aromatic carbocycles. The topological polar surface area (TPSA) is 85.8 Å². The maximum Gasteiger partial charge on any atom is 0.237 e. The number of nitrogens with one attached hydrogen (secondary N) is 1. The van der Waals surface area contributed by atoms with Gasteiger partial charge in [0.1, 0.15) is 12.7 Å². The number of hydrogen-bond acceptors (Lipinski definition) is 4. The number of rotatable bonds is 5. The second-order valence-corrected chi connectivity index (χ2v) is 6.42. The van der Waals surface area contributed by atoms with Gasteiger partial charge in [0.25, 0.3) is 0 Å². The normalized spacial score (nSPS) is 11.8. The Labute approximate surface area is 155 Å². The van der Waals surface area contributed by atoms with E-state index in [0.29, 0.717) is 13.1 Å². The second kappa shape index (κ2) is 9.61. The lowest BCUT2D eigenvalue weighted by atomic mass is 9.87. The Morgan fingerprint density at radius 1 is 1.25 bits per heavy atom. The number of carbonyl (C=O) groups is 1. The molecule has 0 aliphatic carbocycles. The molecule has 0 saturated carbocycles. The number of halogens is 2. The van der Waals surface area contributed by atoms with E-state index in [-0.39, 0.29) is 36.1 Å². The zero-order valence-corrected chi connectivity index (χ0v) is 15.7. The van der Waals surface area contributed by atoms with Gasteiger partial charge < -0.3 is 11.1 Å². The molecule has 2 aromatic rings. The molecule has 0 aliphatic rings. The van der Waals surface area contributed by atoms with Crippen molar-refractivity contribution in [2.75, 3.05) is 0 Å². The molecule has 3 N–H and O–H groups in total. The average molecular weight is 374 g/mol. The first-order valence-electron chi connectivity index (χ1n) is 7.30. The Kier molecular flexibility index (Phi) is 8.96. The summed E-state index contributed by atoms with van der Waals surface area (Å²) in [4.78, 5) is 16.1. The summed E-state index contributed by atoms with van der Waals surface area (Å²) < 4.78 is 1.75. The van der Waals surface area contributed by atoms with Crippen LogP contribution in [0.15, 0.2) is 36.9 Å². The molecule has 2 rings (SSSR count). The Balaban J connectivity index is 0.00000264. The minimum atomic E-state index is -0.532. The van der Waals surface area contributed by atoms with Gasteiger partial charge in [0.2, 0.25) is 5.91 Å². The first-order chi connectivity index (χ1) is 10.4. The summed E-state index contributed by atoms with van der Waals surface area (Å²) in [6.07, 6.45) is 3.18. The quantitative estimate of drug-likeness (QED) is 0.840. The van der Waals surface area contributed by atoms with E-state index in [9.17, 15) is 4.79 Å². The molecule has 0 saturated heterocycles. The zero-order valence-electron chi connectivity index (χ0n) is 14.1. The van der Waals surface area contributed by atoms with Crippen molar-refractivity contribution in [3.8, 4) is 0 Å². The van der Waals surface area contributed by atoms with Gasteiger partial charge in [0.05, 0.1) is 12.6 Å². The Bertz CT molecular complexity index is 626. The van der Waals surface area contributed by atoms with E-state index in [1.807, 2.05) is 45.0 Å². The fourth-order valence-corrected chi connectivity index (χ4v) is 2.06. The number of hydrogen-bond donors (Lipinski definition) is 2. The van der Waals surface area contributed by atoms with Crippen LogP contribution < -0.4 is 11.1 Å². The van der Waals surface area contributed by atoms with Crippen LogP contribution in [0.1, 0.15) is 31.9 Å². The molecule has 0 aliphatic heterocycles. The fraction of sp³-hybridized carbons (Fsp3) is 0.438. The Morgan fingerprint density at radius 3 is 2.42 bits per heavy atom. The summed E-state index contributed by atoms with van der Waals surface area (Å²) in [6.45, 7) is 6.94. The molecule has 0 spiro atoms. The highest BCUT2D eigenvalue weighted by molar-refractivity contribution is 5.85. The smallest absolute Gasteiger partial charge is 0.237 e. The van der Waals surface area contributed by atoms with Crippen LogP contribution in [0.4, 0.5) is 0 Å². The minimum Gasteiger partial charge on any atom is -0.351 e. The molecule has 134 valence electrons. The molecular weight excluding hydrogens is 349 g/mol. The van der Waals surface area contributed by atoms with E-state index in [2.05, 4.69) is 15.4 Å². The SMILES string of the molecule is CC(C)(C)[C@H](N)C(=O)NCc1ccccc1Cn1cncn1.Cl.Cl. The standard InChI is InChI=1S/C16H23N5O.2ClH/c1-16(2,3)14(17)15(22)19-8-12-6-4-5-7-13(12)9-21-11-18-10-20-21;;/h4-7,10-11,14H,8-9,17H2,1-3H3,(H,19,22);2*1H/t14-;;/m1../s1. The first kappa shape index (κ1) is 22.4. The first-order valence-corrected chi connectivity index (χ1v) is 7.30. The lowest BCUT2D eigenvalue weighted by molar-refractivity contribution is -0.124. The molecule has 0 unspecified atom stereocenters. The van der Waals surface area contributed by atoms with Gasteiger partial charge in [-0.1, -0.05) is 45.0 Å². The summed E-state index contributed by atoms with van der Waals surface area (Å²) in [5.41, 5.74) is 7.86. The molecule has 6 nitrogen and oxygen atoms in total. The fourth-order valence-electron chi connectivity index (χ4n) is 2.06. The van der Waals surface area contributed by atoms with Crippen molar-refractivity contribution in [1.82, 2.24) is 20.1 Å². The largest absolute Gasteiger partial charge is 0.351 e. The zero-order chi connectivity index (χ0) is 16.2. The molecule has 0 radical (unpaired) electrons. The Morgan fingerprint density at radius 2 is 1.88 bits per heavy atom. The van der Waals surface area contributed by atoms with Crippen molar-refractivity contribution in [3.63, 3.8) is 0 Å². The summed E-state index contributed by atoms with van der Waals surface area (Å²) >= 11 is 0. The molecule has 0 fully saturated rings. The maximum atomic E-state index is 12.1. The van der Waals surface area contributed by atoms with Gasteiger partial charge >= 0.3 is 0 Å². The van der Waals surface area contributed by atoms with Crippen LogP contribution in [0.3, 0.4) is 0 Å². The monoisotopic (exact) mass is 373 g/mol. The third-order valence-corrected chi connectivity index (χ3v) is 3.59. The number of nitrogens with two attached hydrogens (primary N) is 1. The number of nitrogens with zero attached hydrogens (tertiary/aromatic N) is 3. The third kappa shape index (κ3) is 6.11. The maximum absolute atomic E-state index is 12.1. The van der Waals surface area contributed by atoms with Crippen molar-refractivity contribution in [2.45, 2.75) is 39.9 Å². The van der Waals surface area contributed by atoms with Gasteiger partial charge in [-0.15, -0.1) is 24.8 Å². The number of amides is 1. The van der Waals surface area contributed by atoms with Crippen LogP contribution in [-0.4, -0.2) is 26.7 Å². The molecule has 8 heteroatoms. The molecule has 1 amide bonds. The van der Waals surface area contributed by atoms with Gasteiger partial charge in [0, 0.05) is 6.54 Å². The van der Waals surface area contributed by atoms with Crippen LogP contribution in [0.25, 0.3) is 0 Å². The van der Waals surface area contributed by atoms with Gasteiger partial charge in [-0.2, -0.15) is 5.10 Å². The van der Waals surface area contributed by atoms with Crippen LogP contribution in [-0.2, 0) is 17.9 Å². The summed E-state index contributed by atoms with van der Waals surface area (Å²) in [5.74, 6) is -0.136. The van der Waals surface area contributed by atoms with E-state index < -0.39 is 6.04 Å². The van der Waals surface area contributed by atoms with E-state index >= 15 is 0 Å². The average Bonchev–Trinajstić information content (AvgIpc) is 2.97. The van der Waals surface area contributed by atoms with E-state index in [1.165, 1.54) is 6.33 Å². The predicted molar refractivity (Wildman–Crippen MR) is 99.3 cm³/mol. The molecular formula is C16H25Cl2N5O. The Hall–Kier alpha value is -1.63. The van der Waals surface area contributed by atoms with Crippen molar-refractivity contribution < 1.29 is 4.79 Å². The second-order valence-electron chi connectivity index (χ2n) is 6.42. The van der Waals surface area contributed by atoms with E-state index in [0.717, 1.165) is 11.1 Å². The van der Waals surface area contributed by atoms with Crippen molar-refractivity contribution in [1.29, 1.82) is 0 Å². The molecule has 24 heavy (non-hydrogen) atoms. The summed E-state index contributed by atoms with van der Waals surface area (Å²) in [7, 11) is 0. The van der Waals surface area contributed by atoms with Crippen LogP contribution in [0, 0.1) is 5.41 Å². The van der Waals surface area contributed by atoms with Gasteiger partial charge in [-0.25, -0.2) is 9.67 Å². The number of carbonyl (C=O) groups excluding carboxylic acids is 1. The van der Waals surface area contributed by atoms with Crippen molar-refractivity contribution >= 4 is 30.7 Å². The van der Waals surface area contributed by atoms with Gasteiger partial charge in [-0.05, 0) is 16.5 Å².